The van der Waals surface area contributed by atoms with Gasteiger partial charge in [0.2, 0.25) is 0 Å². The average Bonchev–Trinajstić information content (AvgIpc) is 3.32. The van der Waals surface area contributed by atoms with Crippen LogP contribution in [0.5, 0.6) is 0 Å². The van der Waals surface area contributed by atoms with Gasteiger partial charge in [0.05, 0.1) is 0 Å². The Hall–Kier alpha value is -0.570. The Kier molecular flexibility index (Phi) is 11.4. The molecule has 23 heavy (non-hydrogen) atoms. The Balaban J connectivity index is 1.71. The Morgan fingerprint density at radius 3 is 1.52 bits per heavy atom. The third-order valence-electron chi connectivity index (χ3n) is 5.15. The second-order valence-electron chi connectivity index (χ2n) is 7.41. The minimum Gasteiger partial charge on any atom is -0.480 e. The van der Waals surface area contributed by atoms with Crippen molar-refractivity contribution in [3.8, 4) is 0 Å². The second kappa shape index (κ2) is 12.8. The van der Waals surface area contributed by atoms with Crippen LogP contribution in [0.1, 0.15) is 110 Å². The first kappa shape index (κ1) is 20.5. The van der Waals surface area contributed by atoms with Gasteiger partial charge in [0, 0.05) is 0 Å². The molecular formula is C20H39NO2. The number of carbonyl (C=O) groups is 1. The molecule has 0 aliphatic heterocycles. The van der Waals surface area contributed by atoms with E-state index in [1.807, 2.05) is 0 Å². The molecular weight excluding hydrogens is 286 g/mol. The zero-order chi connectivity index (χ0) is 16.8. The molecule has 0 amide bonds. The number of nitrogens with one attached hydrogen (secondary N) is 1. The van der Waals surface area contributed by atoms with E-state index in [-0.39, 0.29) is 0 Å². The van der Waals surface area contributed by atoms with Crippen LogP contribution in [0, 0.1) is 0 Å². The molecule has 1 fully saturated rings. The number of carboxylic acids is 1. The van der Waals surface area contributed by atoms with Gasteiger partial charge in [0.25, 0.3) is 0 Å². The van der Waals surface area contributed by atoms with Crippen LogP contribution in [-0.4, -0.2) is 23.2 Å². The topological polar surface area (TPSA) is 49.3 Å². The molecule has 0 spiro atoms. The molecule has 1 saturated carbocycles. The zero-order valence-electron chi connectivity index (χ0n) is 15.4. The Bertz CT molecular complexity index is 300. The predicted octanol–water partition coefficient (Wildman–Crippen LogP) is 5.67. The van der Waals surface area contributed by atoms with Crippen LogP contribution in [0.15, 0.2) is 0 Å². The Morgan fingerprint density at radius 2 is 1.17 bits per heavy atom. The predicted molar refractivity (Wildman–Crippen MR) is 97.9 cm³/mol. The highest BCUT2D eigenvalue weighted by atomic mass is 16.4. The number of unbranched alkanes of at least 4 members (excludes halogenated alkanes) is 13. The zero-order valence-corrected chi connectivity index (χ0v) is 15.4. The molecule has 3 nitrogen and oxygen atoms in total. The van der Waals surface area contributed by atoms with E-state index in [0.717, 1.165) is 25.8 Å². The fourth-order valence-corrected chi connectivity index (χ4v) is 3.24. The van der Waals surface area contributed by atoms with E-state index in [0.29, 0.717) is 0 Å². The van der Waals surface area contributed by atoms with Crippen molar-refractivity contribution in [1.82, 2.24) is 5.32 Å². The van der Waals surface area contributed by atoms with Crippen LogP contribution in [0.3, 0.4) is 0 Å². The first-order valence-corrected chi connectivity index (χ1v) is 10.2. The van der Waals surface area contributed by atoms with Crippen LogP contribution >= 0.6 is 0 Å². The fourth-order valence-electron chi connectivity index (χ4n) is 3.24. The second-order valence-corrected chi connectivity index (χ2v) is 7.41. The molecule has 0 aromatic carbocycles. The number of aliphatic carboxylic acids is 1. The van der Waals surface area contributed by atoms with Gasteiger partial charge in [-0.3, -0.25) is 4.79 Å². The van der Waals surface area contributed by atoms with E-state index in [4.69, 9.17) is 5.11 Å². The quantitative estimate of drug-likeness (QED) is 0.338. The van der Waals surface area contributed by atoms with E-state index in [9.17, 15) is 4.79 Å². The van der Waals surface area contributed by atoms with Crippen molar-refractivity contribution < 1.29 is 9.90 Å². The van der Waals surface area contributed by atoms with Gasteiger partial charge in [-0.1, -0.05) is 90.4 Å². The van der Waals surface area contributed by atoms with Gasteiger partial charge in [-0.05, 0) is 25.8 Å². The van der Waals surface area contributed by atoms with Crippen LogP contribution in [0.2, 0.25) is 0 Å². The maximum absolute atomic E-state index is 11.0. The monoisotopic (exact) mass is 325 g/mol. The number of hydrogen-bond acceptors (Lipinski definition) is 2. The number of carboxylic acid groups (broad SMARTS) is 1. The molecule has 0 radical (unpaired) electrons. The SMILES string of the molecule is CCCCCCCCCCCCCCCCNC1(C(=O)O)CC1. The van der Waals surface area contributed by atoms with Gasteiger partial charge in [0.1, 0.15) is 5.54 Å². The van der Waals surface area contributed by atoms with E-state index in [2.05, 4.69) is 12.2 Å². The van der Waals surface area contributed by atoms with Crippen molar-refractivity contribution >= 4 is 5.97 Å². The normalized spacial score (nSPS) is 15.7. The summed E-state index contributed by atoms with van der Waals surface area (Å²) in [6.07, 6.45) is 20.7. The lowest BCUT2D eigenvalue weighted by Crippen LogP contribution is -2.39. The van der Waals surface area contributed by atoms with E-state index in [1.54, 1.807) is 0 Å². The van der Waals surface area contributed by atoms with Crippen LogP contribution in [0.25, 0.3) is 0 Å². The van der Waals surface area contributed by atoms with Crippen molar-refractivity contribution in [3.05, 3.63) is 0 Å². The third kappa shape index (κ3) is 10.0. The summed E-state index contributed by atoms with van der Waals surface area (Å²) in [5, 5.41) is 12.3. The fraction of sp³-hybridized carbons (Fsp3) is 0.950. The van der Waals surface area contributed by atoms with Crippen LogP contribution in [-0.2, 0) is 4.79 Å². The summed E-state index contributed by atoms with van der Waals surface area (Å²) in [4.78, 5) is 11.0. The standard InChI is InChI=1S/C20H39NO2/c1-2-3-4-5-6-7-8-9-10-11-12-13-14-15-18-21-20(16-17-20)19(22)23/h21H,2-18H2,1H3,(H,22,23). The van der Waals surface area contributed by atoms with Gasteiger partial charge >= 0.3 is 5.97 Å². The molecule has 136 valence electrons. The molecule has 1 rings (SSSR count). The molecule has 2 N–H and O–H groups in total. The summed E-state index contributed by atoms with van der Waals surface area (Å²) < 4.78 is 0. The maximum atomic E-state index is 11.0. The van der Waals surface area contributed by atoms with Crippen LogP contribution in [0.4, 0.5) is 0 Å². The molecule has 1 aliphatic carbocycles. The first-order valence-electron chi connectivity index (χ1n) is 10.2. The third-order valence-corrected chi connectivity index (χ3v) is 5.15. The lowest BCUT2D eigenvalue weighted by molar-refractivity contribution is -0.140. The van der Waals surface area contributed by atoms with Crippen molar-refractivity contribution in [1.29, 1.82) is 0 Å². The molecule has 0 unspecified atom stereocenters. The summed E-state index contributed by atoms with van der Waals surface area (Å²) in [6.45, 7) is 3.14. The highest BCUT2D eigenvalue weighted by Gasteiger charge is 2.49. The minimum absolute atomic E-state index is 0.545. The molecule has 0 heterocycles. The minimum atomic E-state index is -0.664. The molecule has 0 saturated heterocycles. The molecule has 0 atom stereocenters. The Morgan fingerprint density at radius 1 is 0.783 bits per heavy atom. The summed E-state index contributed by atoms with van der Waals surface area (Å²) in [6, 6.07) is 0. The van der Waals surface area contributed by atoms with E-state index < -0.39 is 11.5 Å². The number of hydrogen-bond donors (Lipinski definition) is 2. The average molecular weight is 326 g/mol. The molecule has 0 aromatic rings. The van der Waals surface area contributed by atoms with Crippen LogP contribution < -0.4 is 5.32 Å². The molecule has 3 heteroatoms. The van der Waals surface area contributed by atoms with Gasteiger partial charge in [-0.15, -0.1) is 0 Å². The number of rotatable bonds is 17. The highest BCUT2D eigenvalue weighted by molar-refractivity contribution is 5.82. The Labute approximate surface area is 143 Å². The smallest absolute Gasteiger partial charge is 0.323 e. The van der Waals surface area contributed by atoms with Gasteiger partial charge < -0.3 is 10.4 Å². The summed E-state index contributed by atoms with van der Waals surface area (Å²) in [5.74, 6) is -0.664. The van der Waals surface area contributed by atoms with Crippen molar-refractivity contribution in [2.45, 2.75) is 115 Å². The lowest BCUT2D eigenvalue weighted by Gasteiger charge is -2.11. The van der Waals surface area contributed by atoms with Crippen molar-refractivity contribution in [2.75, 3.05) is 6.54 Å². The summed E-state index contributed by atoms with van der Waals surface area (Å²) >= 11 is 0. The van der Waals surface area contributed by atoms with Crippen molar-refractivity contribution in [2.24, 2.45) is 0 Å². The highest BCUT2D eigenvalue weighted by Crippen LogP contribution is 2.35. The van der Waals surface area contributed by atoms with E-state index >= 15 is 0 Å². The molecule has 0 aromatic heterocycles. The van der Waals surface area contributed by atoms with Gasteiger partial charge in [0.15, 0.2) is 0 Å². The van der Waals surface area contributed by atoms with Gasteiger partial charge in [-0.2, -0.15) is 0 Å². The summed E-state index contributed by atoms with van der Waals surface area (Å²) in [7, 11) is 0. The molecule has 1 aliphatic rings. The first-order chi connectivity index (χ1) is 11.2. The van der Waals surface area contributed by atoms with Crippen molar-refractivity contribution in [3.63, 3.8) is 0 Å². The molecule has 0 bridgehead atoms. The largest absolute Gasteiger partial charge is 0.480 e. The maximum Gasteiger partial charge on any atom is 0.323 e. The van der Waals surface area contributed by atoms with E-state index in [1.165, 1.54) is 83.5 Å². The lowest BCUT2D eigenvalue weighted by atomic mass is 10.0. The van der Waals surface area contributed by atoms with Gasteiger partial charge in [-0.25, -0.2) is 0 Å². The summed E-state index contributed by atoms with van der Waals surface area (Å²) in [5.41, 5.74) is -0.545.